The minimum absolute atomic E-state index is 0.0963. The molecule has 1 amide bonds. The lowest BCUT2D eigenvalue weighted by atomic mass is 9.98. The summed E-state index contributed by atoms with van der Waals surface area (Å²) in [6.45, 7) is 0.291. The van der Waals surface area contributed by atoms with Crippen LogP contribution in [0.15, 0.2) is 29.2 Å². The van der Waals surface area contributed by atoms with E-state index in [0.717, 1.165) is 12.8 Å². The number of ether oxygens (including phenoxy) is 1. The lowest BCUT2D eigenvalue weighted by molar-refractivity contribution is -0.133. The number of benzene rings is 1. The van der Waals surface area contributed by atoms with Crippen LogP contribution in [0.1, 0.15) is 32.1 Å². The molecule has 6 nitrogen and oxygen atoms in total. The first kappa shape index (κ1) is 18.2. The minimum Gasteiger partial charge on any atom is -0.493 e. The molecule has 25 heavy (non-hydrogen) atoms. The van der Waals surface area contributed by atoms with Gasteiger partial charge in [-0.2, -0.15) is 0 Å². The van der Waals surface area contributed by atoms with Crippen LogP contribution in [-0.4, -0.2) is 57.3 Å². The van der Waals surface area contributed by atoms with Crippen LogP contribution in [0.25, 0.3) is 0 Å². The number of fused-ring (bicyclic) bond motifs is 2. The molecule has 1 aromatic rings. The molecular formula is C18H26N2O4S. The monoisotopic (exact) mass is 366 g/mol. The first-order chi connectivity index (χ1) is 11.8. The third kappa shape index (κ3) is 4.52. The van der Waals surface area contributed by atoms with Gasteiger partial charge in [-0.05, 0) is 49.9 Å². The van der Waals surface area contributed by atoms with Crippen LogP contribution in [0.5, 0.6) is 5.75 Å². The fourth-order valence-electron chi connectivity index (χ4n) is 3.76. The summed E-state index contributed by atoms with van der Waals surface area (Å²) in [6.07, 6.45) is 6.00. The summed E-state index contributed by atoms with van der Waals surface area (Å²) in [5.41, 5.74) is 0. The highest BCUT2D eigenvalue weighted by Gasteiger charge is 2.36. The average molecular weight is 366 g/mol. The number of rotatable bonds is 6. The Labute approximate surface area is 149 Å². The number of amides is 1. The second kappa shape index (κ2) is 7.33. The standard InChI is InChI=1S/C18H26N2O4S/c1-20(15-11-13-3-4-14(12-15)19-13)18(21)9-10-24-16-5-7-17(8-6-16)25(2,22)23/h5-8,13-15,19H,3-4,9-12H2,1-2H3. The van der Waals surface area contributed by atoms with E-state index in [-0.39, 0.29) is 10.8 Å². The van der Waals surface area contributed by atoms with Crippen LogP contribution in [0.3, 0.4) is 0 Å². The Balaban J connectivity index is 1.46. The Morgan fingerprint density at radius 3 is 2.36 bits per heavy atom. The van der Waals surface area contributed by atoms with Crippen molar-refractivity contribution in [3.8, 4) is 5.75 Å². The van der Waals surface area contributed by atoms with Crippen LogP contribution in [0.4, 0.5) is 0 Å². The van der Waals surface area contributed by atoms with Gasteiger partial charge < -0.3 is 15.0 Å². The van der Waals surface area contributed by atoms with Crippen molar-refractivity contribution in [2.24, 2.45) is 0 Å². The molecule has 2 fully saturated rings. The number of nitrogens with one attached hydrogen (secondary N) is 1. The fourth-order valence-corrected chi connectivity index (χ4v) is 4.39. The van der Waals surface area contributed by atoms with E-state index in [4.69, 9.17) is 4.74 Å². The van der Waals surface area contributed by atoms with Gasteiger partial charge in [0.1, 0.15) is 5.75 Å². The van der Waals surface area contributed by atoms with Crippen LogP contribution in [0.2, 0.25) is 0 Å². The summed E-state index contributed by atoms with van der Waals surface area (Å²) in [5.74, 6) is 0.668. The lowest BCUT2D eigenvalue weighted by Crippen LogP contribution is -2.48. The van der Waals surface area contributed by atoms with Gasteiger partial charge >= 0.3 is 0 Å². The molecule has 2 unspecified atom stereocenters. The van der Waals surface area contributed by atoms with Crippen LogP contribution >= 0.6 is 0 Å². The largest absolute Gasteiger partial charge is 0.493 e. The number of sulfone groups is 1. The highest BCUT2D eigenvalue weighted by molar-refractivity contribution is 7.90. The highest BCUT2D eigenvalue weighted by Crippen LogP contribution is 2.29. The molecule has 0 spiro atoms. The SMILES string of the molecule is CN(C(=O)CCOc1ccc(S(C)(=O)=O)cc1)C1CC2CCC(C1)N2. The van der Waals surface area contributed by atoms with Crippen molar-refractivity contribution in [3.63, 3.8) is 0 Å². The normalized spacial score (nSPS) is 25.6. The Kier molecular flexibility index (Phi) is 5.34. The van der Waals surface area contributed by atoms with Gasteiger partial charge in [0.25, 0.3) is 0 Å². The number of hydrogen-bond acceptors (Lipinski definition) is 5. The minimum atomic E-state index is -3.20. The van der Waals surface area contributed by atoms with E-state index in [0.29, 0.717) is 36.9 Å². The molecule has 0 aliphatic carbocycles. The van der Waals surface area contributed by atoms with Crippen molar-refractivity contribution in [2.45, 2.75) is 55.1 Å². The van der Waals surface area contributed by atoms with Gasteiger partial charge in [-0.3, -0.25) is 4.79 Å². The first-order valence-corrected chi connectivity index (χ1v) is 10.7. The number of carbonyl (C=O) groups is 1. The molecule has 138 valence electrons. The van der Waals surface area contributed by atoms with Gasteiger partial charge in [-0.15, -0.1) is 0 Å². The molecule has 0 radical (unpaired) electrons. The Morgan fingerprint density at radius 1 is 1.20 bits per heavy atom. The van der Waals surface area contributed by atoms with Gasteiger partial charge in [-0.1, -0.05) is 0 Å². The van der Waals surface area contributed by atoms with E-state index in [1.807, 2.05) is 11.9 Å². The molecule has 0 saturated carbocycles. The topological polar surface area (TPSA) is 75.7 Å². The highest BCUT2D eigenvalue weighted by atomic mass is 32.2. The van der Waals surface area contributed by atoms with Crippen LogP contribution in [0, 0.1) is 0 Å². The predicted molar refractivity (Wildman–Crippen MR) is 95.4 cm³/mol. The molecule has 2 aliphatic heterocycles. The van der Waals surface area contributed by atoms with Crippen LogP contribution < -0.4 is 10.1 Å². The maximum Gasteiger partial charge on any atom is 0.225 e. The smallest absolute Gasteiger partial charge is 0.225 e. The molecular weight excluding hydrogens is 340 g/mol. The third-order valence-electron chi connectivity index (χ3n) is 5.23. The van der Waals surface area contributed by atoms with Gasteiger partial charge in [0.05, 0.1) is 17.9 Å². The Morgan fingerprint density at radius 2 is 1.80 bits per heavy atom. The van der Waals surface area contributed by atoms with Crippen molar-refractivity contribution in [1.82, 2.24) is 10.2 Å². The number of nitrogens with zero attached hydrogens (tertiary/aromatic N) is 1. The van der Waals surface area contributed by atoms with Crippen molar-refractivity contribution >= 4 is 15.7 Å². The summed E-state index contributed by atoms with van der Waals surface area (Å²) < 4.78 is 28.4. The van der Waals surface area contributed by atoms with Gasteiger partial charge in [0.2, 0.25) is 5.91 Å². The summed E-state index contributed by atoms with van der Waals surface area (Å²) in [6, 6.07) is 7.71. The fraction of sp³-hybridized carbons (Fsp3) is 0.611. The number of piperidine rings is 1. The molecule has 2 heterocycles. The molecule has 3 rings (SSSR count). The van der Waals surface area contributed by atoms with E-state index in [2.05, 4.69) is 5.32 Å². The van der Waals surface area contributed by atoms with E-state index in [9.17, 15) is 13.2 Å². The summed E-state index contributed by atoms with van der Waals surface area (Å²) in [4.78, 5) is 14.5. The molecule has 2 saturated heterocycles. The van der Waals surface area contributed by atoms with Crippen molar-refractivity contribution < 1.29 is 17.9 Å². The predicted octanol–water partition coefficient (Wildman–Crippen LogP) is 1.60. The lowest BCUT2D eigenvalue weighted by Gasteiger charge is -2.35. The maximum atomic E-state index is 12.4. The van der Waals surface area contributed by atoms with E-state index in [1.165, 1.54) is 31.2 Å². The second-order valence-electron chi connectivity index (χ2n) is 7.11. The van der Waals surface area contributed by atoms with E-state index < -0.39 is 9.84 Å². The number of hydrogen-bond donors (Lipinski definition) is 1. The average Bonchev–Trinajstić information content (AvgIpc) is 2.91. The summed E-state index contributed by atoms with van der Waals surface area (Å²) in [7, 11) is -1.32. The van der Waals surface area contributed by atoms with Gasteiger partial charge in [-0.25, -0.2) is 8.42 Å². The van der Waals surface area contributed by atoms with Crippen molar-refractivity contribution in [2.75, 3.05) is 19.9 Å². The van der Waals surface area contributed by atoms with Gasteiger partial charge in [0, 0.05) is 31.4 Å². The molecule has 0 aromatic heterocycles. The van der Waals surface area contributed by atoms with E-state index >= 15 is 0 Å². The third-order valence-corrected chi connectivity index (χ3v) is 6.35. The van der Waals surface area contributed by atoms with Gasteiger partial charge in [0.15, 0.2) is 9.84 Å². The molecule has 1 aromatic carbocycles. The molecule has 2 aliphatic rings. The zero-order valence-electron chi connectivity index (χ0n) is 14.8. The van der Waals surface area contributed by atoms with Crippen molar-refractivity contribution in [1.29, 1.82) is 0 Å². The number of carbonyl (C=O) groups excluding carboxylic acids is 1. The molecule has 2 atom stereocenters. The summed E-state index contributed by atoms with van der Waals surface area (Å²) in [5, 5.41) is 3.59. The zero-order chi connectivity index (χ0) is 18.0. The summed E-state index contributed by atoms with van der Waals surface area (Å²) >= 11 is 0. The Bertz CT molecular complexity index is 705. The first-order valence-electron chi connectivity index (χ1n) is 8.77. The molecule has 1 N–H and O–H groups in total. The van der Waals surface area contributed by atoms with Crippen LogP contribution in [-0.2, 0) is 14.6 Å². The van der Waals surface area contributed by atoms with Crippen molar-refractivity contribution in [3.05, 3.63) is 24.3 Å². The maximum absolute atomic E-state index is 12.4. The Hall–Kier alpha value is -1.60. The second-order valence-corrected chi connectivity index (χ2v) is 9.13. The molecule has 7 heteroatoms. The zero-order valence-corrected chi connectivity index (χ0v) is 15.6. The molecule has 2 bridgehead atoms. The quantitative estimate of drug-likeness (QED) is 0.828. The van der Waals surface area contributed by atoms with E-state index in [1.54, 1.807) is 12.1 Å².